The highest BCUT2D eigenvalue weighted by Gasteiger charge is 2.20. The molecule has 0 aliphatic heterocycles. The van der Waals surface area contributed by atoms with Gasteiger partial charge in [0.2, 0.25) is 0 Å². The van der Waals surface area contributed by atoms with Crippen molar-refractivity contribution in [3.63, 3.8) is 0 Å². The van der Waals surface area contributed by atoms with Gasteiger partial charge in [0, 0.05) is 17.7 Å². The highest BCUT2D eigenvalue weighted by molar-refractivity contribution is 5.87. The largest absolute Gasteiger partial charge is 0.480 e. The molecule has 2 N–H and O–H groups in total. The van der Waals surface area contributed by atoms with Gasteiger partial charge in [0.1, 0.15) is 13.2 Å². The second-order valence-electron chi connectivity index (χ2n) is 6.73. The van der Waals surface area contributed by atoms with Crippen LogP contribution in [0.3, 0.4) is 0 Å². The van der Waals surface area contributed by atoms with Crippen LogP contribution in [0, 0.1) is 0 Å². The first-order valence-electron chi connectivity index (χ1n) is 9.50. The monoisotopic (exact) mass is 459 g/mol. The molecule has 0 bridgehead atoms. The molecule has 0 spiro atoms. The quantitative estimate of drug-likeness (QED) is 0.130. The Kier molecular flexibility index (Phi) is 14.0. The van der Waals surface area contributed by atoms with Crippen LogP contribution in [0.15, 0.2) is 24.3 Å². The summed E-state index contributed by atoms with van der Waals surface area (Å²) in [5, 5.41) is 17.5. The summed E-state index contributed by atoms with van der Waals surface area (Å²) in [6.45, 7) is 8.02. The van der Waals surface area contributed by atoms with Crippen molar-refractivity contribution < 1.29 is 53.1 Å². The van der Waals surface area contributed by atoms with Gasteiger partial charge in [-0.05, 0) is 13.8 Å². The van der Waals surface area contributed by atoms with Crippen LogP contribution < -0.4 is 0 Å². The summed E-state index contributed by atoms with van der Waals surface area (Å²) in [5.41, 5.74) is 0.282. The van der Waals surface area contributed by atoms with Crippen molar-refractivity contribution in [3.8, 4) is 0 Å². The van der Waals surface area contributed by atoms with E-state index in [9.17, 15) is 24.0 Å². The van der Waals surface area contributed by atoms with Crippen LogP contribution in [0.2, 0.25) is 0 Å². The van der Waals surface area contributed by atoms with Gasteiger partial charge in [0.15, 0.2) is 6.10 Å². The molecule has 0 rings (SSSR count). The maximum Gasteiger partial charge on any atom is 0.333 e. The molecule has 0 radical (unpaired) electrons. The SMILES string of the molecule is C=C(C)C(=O)OCC(COC(=O)C(=C)C)OC(=O)CCOCCN(CC(=O)O)CC(=O)O. The van der Waals surface area contributed by atoms with E-state index in [0.29, 0.717) is 0 Å². The van der Waals surface area contributed by atoms with Gasteiger partial charge in [-0.15, -0.1) is 0 Å². The van der Waals surface area contributed by atoms with Crippen LogP contribution in [0.4, 0.5) is 0 Å². The lowest BCUT2D eigenvalue weighted by atomic mass is 10.3. The first-order chi connectivity index (χ1) is 14.9. The Morgan fingerprint density at radius 2 is 1.31 bits per heavy atom. The van der Waals surface area contributed by atoms with Gasteiger partial charge in [0.05, 0.1) is 32.7 Å². The Morgan fingerprint density at radius 3 is 1.72 bits per heavy atom. The fraction of sp³-hybridized carbons (Fsp3) is 0.550. The first-order valence-corrected chi connectivity index (χ1v) is 9.50. The summed E-state index contributed by atoms with van der Waals surface area (Å²) >= 11 is 0. The molecule has 0 aromatic rings. The van der Waals surface area contributed by atoms with Crippen molar-refractivity contribution in [2.24, 2.45) is 0 Å². The number of esters is 3. The minimum Gasteiger partial charge on any atom is -0.480 e. The number of hydrogen-bond acceptors (Lipinski definition) is 10. The predicted octanol–water partition coefficient (Wildman–Crippen LogP) is 0.0147. The van der Waals surface area contributed by atoms with Crippen molar-refractivity contribution in [1.82, 2.24) is 4.90 Å². The molecule has 0 amide bonds. The number of nitrogens with zero attached hydrogens (tertiary/aromatic N) is 1. The molecule has 180 valence electrons. The lowest BCUT2D eigenvalue weighted by molar-refractivity contribution is -0.165. The van der Waals surface area contributed by atoms with Gasteiger partial charge in [0.25, 0.3) is 0 Å². The molecule has 0 aliphatic carbocycles. The number of carbonyl (C=O) groups is 5. The molecule has 12 heteroatoms. The van der Waals surface area contributed by atoms with E-state index in [1.165, 1.54) is 13.8 Å². The number of ether oxygens (including phenoxy) is 4. The summed E-state index contributed by atoms with van der Waals surface area (Å²) in [4.78, 5) is 57.7. The normalized spacial score (nSPS) is 10.5. The maximum absolute atomic E-state index is 12.0. The summed E-state index contributed by atoms with van der Waals surface area (Å²) in [6.07, 6.45) is -1.26. The molecule has 0 aromatic heterocycles. The van der Waals surface area contributed by atoms with Crippen molar-refractivity contribution in [2.45, 2.75) is 26.4 Å². The predicted molar refractivity (Wildman–Crippen MR) is 109 cm³/mol. The summed E-state index contributed by atoms with van der Waals surface area (Å²) in [5.74, 6) is -4.48. The van der Waals surface area contributed by atoms with E-state index in [1.54, 1.807) is 0 Å². The number of carboxylic acids is 2. The maximum atomic E-state index is 12.0. The average molecular weight is 459 g/mol. The zero-order chi connectivity index (χ0) is 24.7. The van der Waals surface area contributed by atoms with Crippen LogP contribution in [0.25, 0.3) is 0 Å². The molecule has 0 atom stereocenters. The van der Waals surface area contributed by atoms with E-state index in [0.717, 1.165) is 4.90 Å². The number of carbonyl (C=O) groups excluding carboxylic acids is 3. The van der Waals surface area contributed by atoms with Crippen molar-refractivity contribution in [2.75, 3.05) is 46.1 Å². The zero-order valence-electron chi connectivity index (χ0n) is 18.2. The Bertz CT molecular complexity index is 670. The zero-order valence-corrected chi connectivity index (χ0v) is 18.2. The summed E-state index contributed by atoms with van der Waals surface area (Å²) in [6, 6.07) is 0. The Morgan fingerprint density at radius 1 is 0.844 bits per heavy atom. The lowest BCUT2D eigenvalue weighted by Gasteiger charge is -2.19. The molecule has 0 fully saturated rings. The highest BCUT2D eigenvalue weighted by Crippen LogP contribution is 2.04. The van der Waals surface area contributed by atoms with E-state index in [-0.39, 0.29) is 50.5 Å². The minimum absolute atomic E-state index is 0.0102. The van der Waals surface area contributed by atoms with E-state index in [1.807, 2.05) is 0 Å². The van der Waals surface area contributed by atoms with E-state index >= 15 is 0 Å². The Labute approximate surface area is 185 Å². The fourth-order valence-electron chi connectivity index (χ4n) is 1.99. The molecule has 0 unspecified atom stereocenters. The third-order valence-corrected chi connectivity index (χ3v) is 3.52. The molecular formula is C20H29NO11. The highest BCUT2D eigenvalue weighted by atomic mass is 16.6. The summed E-state index contributed by atoms with van der Waals surface area (Å²) < 4.78 is 20.2. The molecule has 0 aromatic carbocycles. The van der Waals surface area contributed by atoms with Gasteiger partial charge in [-0.25, -0.2) is 9.59 Å². The van der Waals surface area contributed by atoms with Gasteiger partial charge in [-0.3, -0.25) is 19.3 Å². The van der Waals surface area contributed by atoms with Crippen LogP contribution in [0.1, 0.15) is 20.3 Å². The third kappa shape index (κ3) is 14.7. The number of aliphatic carboxylic acids is 2. The fourth-order valence-corrected chi connectivity index (χ4v) is 1.99. The number of rotatable bonds is 17. The smallest absolute Gasteiger partial charge is 0.333 e. The van der Waals surface area contributed by atoms with Crippen LogP contribution >= 0.6 is 0 Å². The van der Waals surface area contributed by atoms with Crippen molar-refractivity contribution >= 4 is 29.8 Å². The average Bonchev–Trinajstić information content (AvgIpc) is 2.67. The van der Waals surface area contributed by atoms with Gasteiger partial charge in [-0.1, -0.05) is 13.2 Å². The first kappa shape index (κ1) is 28.8. The van der Waals surface area contributed by atoms with Crippen LogP contribution in [0.5, 0.6) is 0 Å². The topological polar surface area (TPSA) is 166 Å². The molecular weight excluding hydrogens is 430 g/mol. The van der Waals surface area contributed by atoms with Crippen molar-refractivity contribution in [1.29, 1.82) is 0 Å². The standard InChI is InChI=1S/C20H29NO11/c1-13(2)19(27)30-11-15(12-31-20(28)14(3)4)32-18(26)5-7-29-8-6-21(9-16(22)23)10-17(24)25/h15H,1,3,5-12H2,2,4H3,(H,22,23)(H,24,25). The second kappa shape index (κ2) is 15.5. The third-order valence-electron chi connectivity index (χ3n) is 3.52. The van der Waals surface area contributed by atoms with E-state index in [2.05, 4.69) is 13.2 Å². The molecule has 0 aliphatic rings. The number of hydrogen-bond donors (Lipinski definition) is 2. The van der Waals surface area contributed by atoms with Crippen LogP contribution in [-0.4, -0.2) is 97.1 Å². The van der Waals surface area contributed by atoms with E-state index < -0.39 is 49.0 Å². The minimum atomic E-state index is -1.18. The molecule has 0 heterocycles. The molecule has 32 heavy (non-hydrogen) atoms. The molecule has 12 nitrogen and oxygen atoms in total. The molecule has 0 saturated carbocycles. The number of carboxylic acid groups (broad SMARTS) is 2. The van der Waals surface area contributed by atoms with Gasteiger partial charge in [-0.2, -0.15) is 0 Å². The molecule has 0 saturated heterocycles. The van der Waals surface area contributed by atoms with E-state index in [4.69, 9.17) is 29.2 Å². The van der Waals surface area contributed by atoms with Gasteiger partial charge >= 0.3 is 29.8 Å². The Hall–Kier alpha value is -3.25. The Balaban J connectivity index is 4.50. The summed E-state index contributed by atoms with van der Waals surface area (Å²) in [7, 11) is 0. The van der Waals surface area contributed by atoms with Crippen LogP contribution in [-0.2, 0) is 42.9 Å². The van der Waals surface area contributed by atoms with Gasteiger partial charge < -0.3 is 29.2 Å². The van der Waals surface area contributed by atoms with Crippen molar-refractivity contribution in [3.05, 3.63) is 24.3 Å². The second-order valence-corrected chi connectivity index (χ2v) is 6.73. The lowest BCUT2D eigenvalue weighted by Crippen LogP contribution is -2.37.